The van der Waals surface area contributed by atoms with Crippen LogP contribution in [0.25, 0.3) is 0 Å². The first-order valence-electron chi connectivity index (χ1n) is 11.7. The molecule has 0 spiro atoms. The Morgan fingerprint density at radius 2 is 1.69 bits per heavy atom. The van der Waals surface area contributed by atoms with E-state index in [2.05, 4.69) is 20.7 Å². The summed E-state index contributed by atoms with van der Waals surface area (Å²) in [5, 5.41) is 0. The Balaban J connectivity index is 1.42. The van der Waals surface area contributed by atoms with E-state index in [1.807, 2.05) is 0 Å². The number of carbonyl (C=O) groups is 2. The van der Waals surface area contributed by atoms with E-state index in [0.717, 1.165) is 44.9 Å². The van der Waals surface area contributed by atoms with Crippen LogP contribution in [-0.2, 0) is 19.6 Å². The molecule has 5 saturated carbocycles. The summed E-state index contributed by atoms with van der Waals surface area (Å²) in [7, 11) is -3.86. The summed E-state index contributed by atoms with van der Waals surface area (Å²) in [6.07, 6.45) is 8.48. The molecule has 0 radical (unpaired) electrons. The van der Waals surface area contributed by atoms with Gasteiger partial charge in [0.1, 0.15) is 0 Å². The monoisotopic (exact) mass is 522 g/mol. The Morgan fingerprint density at radius 1 is 1.06 bits per heavy atom. The van der Waals surface area contributed by atoms with E-state index in [-0.39, 0.29) is 22.0 Å². The minimum atomic E-state index is -3.86. The molecule has 6 nitrogen and oxygen atoms in total. The van der Waals surface area contributed by atoms with E-state index >= 15 is 0 Å². The smallest absolute Gasteiger partial charge is 0.242 e. The van der Waals surface area contributed by atoms with Crippen LogP contribution < -0.4 is 10.5 Å². The largest absolute Gasteiger partial charge is 0.369 e. The summed E-state index contributed by atoms with van der Waals surface area (Å²) < 4.78 is 29.9. The molecule has 174 valence electrons. The van der Waals surface area contributed by atoms with Crippen LogP contribution in [0.4, 0.5) is 0 Å². The molecule has 2 atom stereocenters. The molecular formula is C24H31BrN2O4S. The molecule has 8 heteroatoms. The number of Topliss-reactive ketones (excluding diaryl/α,β-unsaturated/α-hetero) is 1. The molecule has 1 aromatic carbocycles. The number of amides is 1. The third-order valence-corrected chi connectivity index (χ3v) is 11.2. The summed E-state index contributed by atoms with van der Waals surface area (Å²) in [5.74, 6) is 0.682. The van der Waals surface area contributed by atoms with Crippen LogP contribution in [0.1, 0.15) is 70.6 Å². The van der Waals surface area contributed by atoms with Crippen LogP contribution in [-0.4, -0.2) is 25.6 Å². The highest BCUT2D eigenvalue weighted by molar-refractivity contribution is 9.10. The lowest BCUT2D eigenvalue weighted by Crippen LogP contribution is -2.59. The van der Waals surface area contributed by atoms with E-state index in [1.165, 1.54) is 0 Å². The lowest BCUT2D eigenvalue weighted by Gasteiger charge is -2.61. The van der Waals surface area contributed by atoms with E-state index < -0.39 is 21.0 Å². The zero-order valence-electron chi connectivity index (χ0n) is 18.2. The van der Waals surface area contributed by atoms with Crippen LogP contribution in [0.15, 0.2) is 33.6 Å². The van der Waals surface area contributed by atoms with Crippen molar-refractivity contribution in [3.05, 3.63) is 28.7 Å². The van der Waals surface area contributed by atoms with E-state index in [0.29, 0.717) is 42.0 Å². The summed E-state index contributed by atoms with van der Waals surface area (Å²) in [4.78, 5) is 26.4. The first-order chi connectivity index (χ1) is 15.1. The van der Waals surface area contributed by atoms with Crippen molar-refractivity contribution in [2.75, 3.05) is 0 Å². The number of sulfonamides is 1. The molecule has 4 bridgehead atoms. The van der Waals surface area contributed by atoms with Gasteiger partial charge in [0.15, 0.2) is 5.78 Å². The van der Waals surface area contributed by atoms with Crippen molar-refractivity contribution in [1.29, 1.82) is 0 Å². The maximum Gasteiger partial charge on any atom is 0.242 e. The molecule has 6 rings (SSSR count). The van der Waals surface area contributed by atoms with Gasteiger partial charge in [0.25, 0.3) is 0 Å². The topological polar surface area (TPSA) is 106 Å². The zero-order valence-corrected chi connectivity index (χ0v) is 20.6. The lowest BCUT2D eigenvalue weighted by atomic mass is 9.43. The highest BCUT2D eigenvalue weighted by Crippen LogP contribution is 2.66. The van der Waals surface area contributed by atoms with Crippen LogP contribution >= 0.6 is 15.9 Å². The van der Waals surface area contributed by atoms with Gasteiger partial charge in [-0.2, -0.15) is 4.72 Å². The summed E-state index contributed by atoms with van der Waals surface area (Å²) in [6.45, 7) is 0. The first-order valence-corrected chi connectivity index (χ1v) is 14.0. The van der Waals surface area contributed by atoms with Crippen LogP contribution in [0.2, 0.25) is 0 Å². The quantitative estimate of drug-likeness (QED) is 0.562. The van der Waals surface area contributed by atoms with Gasteiger partial charge in [-0.05, 0) is 96.7 Å². The Hall–Kier alpha value is -1.25. The van der Waals surface area contributed by atoms with Crippen molar-refractivity contribution in [1.82, 2.24) is 4.72 Å². The van der Waals surface area contributed by atoms with Gasteiger partial charge in [-0.1, -0.05) is 25.0 Å². The van der Waals surface area contributed by atoms with Crippen molar-refractivity contribution in [2.24, 2.45) is 28.4 Å². The van der Waals surface area contributed by atoms with Gasteiger partial charge in [0.2, 0.25) is 15.9 Å². The second-order valence-corrected chi connectivity index (χ2v) is 13.5. The molecule has 5 aliphatic rings. The van der Waals surface area contributed by atoms with E-state index in [4.69, 9.17) is 5.73 Å². The maximum atomic E-state index is 13.9. The van der Waals surface area contributed by atoms with Gasteiger partial charge in [0.05, 0.1) is 15.8 Å². The summed E-state index contributed by atoms with van der Waals surface area (Å²) in [6, 6.07) is 6.69. The third kappa shape index (κ3) is 3.66. The van der Waals surface area contributed by atoms with Crippen LogP contribution in [0.5, 0.6) is 0 Å². The van der Waals surface area contributed by atoms with Crippen molar-refractivity contribution in [3.8, 4) is 0 Å². The highest BCUT2D eigenvalue weighted by atomic mass is 79.9. The molecule has 5 aliphatic carbocycles. The van der Waals surface area contributed by atoms with Gasteiger partial charge >= 0.3 is 0 Å². The molecule has 32 heavy (non-hydrogen) atoms. The standard InChI is InChI=1S/C24H31BrN2O4S/c25-18-5-1-2-6-19(18)32(30,31)27-24(7-3-4-8-24)20(28)14-22-10-16-9-17(11-22)13-23(12-16,15-22)21(26)29/h1-2,5-6,16-17,27H,3-4,7-15H2,(H2,26,29). The minimum Gasteiger partial charge on any atom is -0.369 e. The number of hydrogen-bond donors (Lipinski definition) is 2. The molecule has 0 aliphatic heterocycles. The predicted molar refractivity (Wildman–Crippen MR) is 124 cm³/mol. The number of hydrogen-bond acceptors (Lipinski definition) is 4. The SMILES string of the molecule is NC(=O)C12CC3CC(CC(CC(=O)C4(NS(=O)(=O)c5ccccc5Br)CCCC4)(C3)C1)C2. The molecule has 0 aromatic heterocycles. The van der Waals surface area contributed by atoms with Crippen molar-refractivity contribution >= 4 is 37.6 Å². The third-order valence-electron chi connectivity index (χ3n) is 8.69. The summed E-state index contributed by atoms with van der Waals surface area (Å²) in [5.41, 5.74) is 4.12. The number of carbonyl (C=O) groups excluding carboxylic acids is 2. The maximum absolute atomic E-state index is 13.9. The Morgan fingerprint density at radius 3 is 2.28 bits per heavy atom. The normalized spacial score (nSPS) is 35.2. The van der Waals surface area contributed by atoms with Crippen molar-refractivity contribution in [3.63, 3.8) is 0 Å². The predicted octanol–water partition coefficient (Wildman–Crippen LogP) is 4.07. The Labute approximate surface area is 198 Å². The fourth-order valence-electron chi connectivity index (χ4n) is 7.85. The lowest BCUT2D eigenvalue weighted by molar-refractivity contribution is -0.159. The molecule has 0 saturated heterocycles. The van der Waals surface area contributed by atoms with Gasteiger partial charge in [-0.25, -0.2) is 8.42 Å². The number of ketones is 1. The fraction of sp³-hybridized carbons (Fsp3) is 0.667. The number of benzene rings is 1. The second kappa shape index (κ2) is 7.64. The number of nitrogens with one attached hydrogen (secondary N) is 1. The van der Waals surface area contributed by atoms with Crippen LogP contribution in [0.3, 0.4) is 0 Å². The highest BCUT2D eigenvalue weighted by Gasteiger charge is 2.61. The van der Waals surface area contributed by atoms with Crippen LogP contribution in [0, 0.1) is 22.7 Å². The Bertz CT molecular complexity index is 1050. The average Bonchev–Trinajstić information content (AvgIpc) is 3.16. The zero-order chi connectivity index (χ0) is 22.8. The second-order valence-electron chi connectivity index (χ2n) is 11.0. The fourth-order valence-corrected chi connectivity index (χ4v) is 10.3. The molecular weight excluding hydrogens is 492 g/mol. The molecule has 1 amide bonds. The molecule has 5 fully saturated rings. The van der Waals surface area contributed by atoms with E-state index in [9.17, 15) is 18.0 Å². The average molecular weight is 523 g/mol. The molecule has 0 heterocycles. The number of primary amides is 1. The number of nitrogens with two attached hydrogens (primary N) is 1. The molecule has 1 aromatic rings. The minimum absolute atomic E-state index is 0.00722. The van der Waals surface area contributed by atoms with E-state index in [1.54, 1.807) is 24.3 Å². The van der Waals surface area contributed by atoms with Gasteiger partial charge < -0.3 is 5.73 Å². The summed E-state index contributed by atoms with van der Waals surface area (Å²) >= 11 is 3.33. The first kappa shape index (κ1) is 22.5. The number of rotatable bonds is 7. The van der Waals surface area contributed by atoms with Gasteiger partial charge in [-0.15, -0.1) is 0 Å². The molecule has 3 N–H and O–H groups in total. The van der Waals surface area contributed by atoms with Gasteiger partial charge in [-0.3, -0.25) is 9.59 Å². The molecule has 2 unspecified atom stereocenters. The Kier molecular flexibility index (Phi) is 5.38. The number of halogens is 1. The van der Waals surface area contributed by atoms with Gasteiger partial charge in [0, 0.05) is 10.9 Å². The van der Waals surface area contributed by atoms with Crippen molar-refractivity contribution < 1.29 is 18.0 Å². The van der Waals surface area contributed by atoms with Crippen molar-refractivity contribution in [2.45, 2.75) is 81.1 Å².